The zero-order valence-corrected chi connectivity index (χ0v) is 15.0. The Morgan fingerprint density at radius 3 is 1.17 bits per heavy atom. The predicted octanol–water partition coefficient (Wildman–Crippen LogP) is -12.5. The van der Waals surface area contributed by atoms with Crippen molar-refractivity contribution >= 4 is 53.1 Å². The number of rotatable bonds is 0. The average molecular weight is 256 g/mol. The number of carbonyl (C=O) groups is 1. The molecule has 0 rings (SSSR count). The molecule has 56 valence electrons. The van der Waals surface area contributed by atoms with Crippen LogP contribution in [0.5, 0.6) is 0 Å². The van der Waals surface area contributed by atoms with Gasteiger partial charge in [0.05, 0.1) is 0 Å². The fraction of sp³-hybridized carbons (Fsp3) is 0. The van der Waals surface area contributed by atoms with Crippen LogP contribution in [0.15, 0.2) is 0 Å². The molecule has 0 aromatic heterocycles. The molecule has 0 unspecified atom stereocenters. The molecular formula is CH2CaKNaO7Si. The Morgan fingerprint density at radius 1 is 1.17 bits per heavy atom. The normalized spacial score (nSPS) is 4.00. The van der Waals surface area contributed by atoms with Gasteiger partial charge in [0.2, 0.25) is 0 Å². The Labute approximate surface area is 164 Å². The van der Waals surface area contributed by atoms with Crippen LogP contribution in [0.1, 0.15) is 0 Å². The van der Waals surface area contributed by atoms with Gasteiger partial charge in [-0.05, 0) is 6.16 Å². The molecule has 11 heteroatoms. The molecule has 0 saturated heterocycles. The van der Waals surface area contributed by atoms with E-state index in [0.717, 1.165) is 0 Å². The summed E-state index contributed by atoms with van der Waals surface area (Å²) in [6, 6.07) is 0. The Morgan fingerprint density at radius 2 is 1.17 bits per heavy atom. The number of carboxylic acid groups (broad SMARTS) is 2. The molecule has 0 aliphatic carbocycles. The van der Waals surface area contributed by atoms with Crippen LogP contribution in [0.3, 0.4) is 0 Å². The molecule has 0 fully saturated rings. The van der Waals surface area contributed by atoms with Gasteiger partial charge in [-0.1, -0.05) is 0 Å². The predicted molar refractivity (Wildman–Crippen MR) is 21.2 cm³/mol. The largest absolute Gasteiger partial charge is 2.00 e. The van der Waals surface area contributed by atoms with Gasteiger partial charge in [-0.15, -0.1) is 0 Å². The zero-order chi connectivity index (χ0) is 7.15. The number of hydrogen-bond acceptors (Lipinski definition) is 6. The van der Waals surface area contributed by atoms with E-state index in [1.54, 1.807) is 0 Å². The molecule has 0 heterocycles. The van der Waals surface area contributed by atoms with E-state index < -0.39 is 15.3 Å². The molecule has 0 saturated carbocycles. The van der Waals surface area contributed by atoms with Gasteiger partial charge < -0.3 is 34.5 Å². The number of carbonyl (C=O) groups excluding carboxylic acids is 1. The molecule has 0 aliphatic rings. The van der Waals surface area contributed by atoms with E-state index in [1.807, 2.05) is 0 Å². The molecule has 0 spiro atoms. The van der Waals surface area contributed by atoms with Crippen molar-refractivity contribution in [3.8, 4) is 0 Å². The third kappa shape index (κ3) is 234. The first-order chi connectivity index (χ1) is 3.46. The van der Waals surface area contributed by atoms with Gasteiger partial charge in [0.1, 0.15) is 0 Å². The molecule has 0 radical (unpaired) electrons. The summed E-state index contributed by atoms with van der Waals surface area (Å²) in [4.78, 5) is 25.4. The zero-order valence-electron chi connectivity index (χ0n) is 6.66. The van der Waals surface area contributed by atoms with Crippen LogP contribution in [-0.2, 0) is 4.46 Å². The summed E-state index contributed by atoms with van der Waals surface area (Å²) in [5, 5.41) is 16.7. The first-order valence-corrected chi connectivity index (χ1v) is 2.45. The standard InChI is InChI=1S/CH2O3.Ca.K.Na.O3Si.H2O/c2-1(3)4;;;;1-4(2)3;/h(H2,2,3,4);;;;;1H2/q;+2;2*+1;-2;/p-2. The van der Waals surface area contributed by atoms with Crippen molar-refractivity contribution < 1.29 is 115 Å². The first-order valence-electron chi connectivity index (χ1n) is 1.22. The van der Waals surface area contributed by atoms with E-state index >= 15 is 0 Å². The van der Waals surface area contributed by atoms with Crippen LogP contribution in [0.4, 0.5) is 4.79 Å². The molecule has 0 aromatic rings. The van der Waals surface area contributed by atoms with Crippen LogP contribution >= 0.6 is 0 Å². The van der Waals surface area contributed by atoms with E-state index in [0.29, 0.717) is 0 Å². The van der Waals surface area contributed by atoms with Crippen molar-refractivity contribution in [1.82, 2.24) is 0 Å². The summed E-state index contributed by atoms with van der Waals surface area (Å²) >= 11 is 0. The average Bonchev–Trinajstić information content (AvgIpc) is 1.25. The third-order valence-electron chi connectivity index (χ3n) is 0. The van der Waals surface area contributed by atoms with Crippen LogP contribution < -0.4 is 101 Å². The second-order valence-corrected chi connectivity index (χ2v) is 1.00. The Balaban J connectivity index is -0.0000000112. The van der Waals surface area contributed by atoms with Gasteiger partial charge in [-0.3, -0.25) is 0 Å². The monoisotopic (exact) mass is 256 g/mol. The van der Waals surface area contributed by atoms with E-state index in [1.165, 1.54) is 0 Å². The summed E-state index contributed by atoms with van der Waals surface area (Å²) in [5.41, 5.74) is 0. The minimum atomic E-state index is -3.63. The Bertz CT molecular complexity index is 81.4. The smallest absolute Gasteiger partial charge is 0.672 e. The van der Waals surface area contributed by atoms with Gasteiger partial charge in [0, 0.05) is 9.17 Å². The molecule has 0 amide bonds. The number of hydrogen-bond donors (Lipinski definition) is 0. The van der Waals surface area contributed by atoms with Gasteiger partial charge in [-0.2, -0.15) is 0 Å². The second kappa shape index (κ2) is 29.2. The summed E-state index contributed by atoms with van der Waals surface area (Å²) in [6.45, 7) is 0. The topological polar surface area (TPSA) is 158 Å². The Kier molecular flexibility index (Phi) is 88.6. The van der Waals surface area contributed by atoms with Crippen LogP contribution in [0.2, 0.25) is 0 Å². The van der Waals surface area contributed by atoms with Crippen molar-refractivity contribution in [2.45, 2.75) is 0 Å². The molecular weight excluding hydrogens is 254 g/mol. The summed E-state index contributed by atoms with van der Waals surface area (Å²) < 4.78 is 8.52. The molecule has 2 N–H and O–H groups in total. The molecule has 12 heavy (non-hydrogen) atoms. The second-order valence-electron chi connectivity index (χ2n) is 0.500. The van der Waals surface area contributed by atoms with Crippen LogP contribution in [-0.4, -0.2) is 58.5 Å². The van der Waals surface area contributed by atoms with Gasteiger partial charge in [0.15, 0.2) is 0 Å². The maximum atomic E-state index is 8.52. The van der Waals surface area contributed by atoms with Gasteiger partial charge in [0.25, 0.3) is 0 Å². The van der Waals surface area contributed by atoms with Crippen LogP contribution in [0, 0.1) is 0 Å². The minimum absolute atomic E-state index is 0. The van der Waals surface area contributed by atoms with Crippen molar-refractivity contribution in [3.63, 3.8) is 0 Å². The summed E-state index contributed by atoms with van der Waals surface area (Å²) in [6.07, 6.45) is -2.33. The molecule has 0 aromatic carbocycles. The van der Waals surface area contributed by atoms with Gasteiger partial charge >= 0.3 is 119 Å². The molecule has 0 atom stereocenters. The van der Waals surface area contributed by atoms with Crippen molar-refractivity contribution in [2.75, 3.05) is 0 Å². The Hall–Kier alpha value is 2.74. The van der Waals surface area contributed by atoms with E-state index in [4.69, 9.17) is 29.1 Å². The molecule has 0 bridgehead atoms. The van der Waals surface area contributed by atoms with Crippen molar-refractivity contribution in [1.29, 1.82) is 0 Å². The van der Waals surface area contributed by atoms with Crippen LogP contribution in [0.25, 0.3) is 0 Å². The fourth-order valence-corrected chi connectivity index (χ4v) is 0. The maximum absolute atomic E-state index is 8.52. The van der Waals surface area contributed by atoms with E-state index in [-0.39, 0.29) is 124 Å². The fourth-order valence-electron chi connectivity index (χ4n) is 0. The van der Waals surface area contributed by atoms with Crippen molar-refractivity contribution in [3.05, 3.63) is 0 Å². The van der Waals surface area contributed by atoms with Crippen molar-refractivity contribution in [2.24, 2.45) is 0 Å². The van der Waals surface area contributed by atoms with Gasteiger partial charge in [-0.25, -0.2) is 0 Å². The summed E-state index contributed by atoms with van der Waals surface area (Å²) in [5.74, 6) is 0. The third-order valence-corrected chi connectivity index (χ3v) is 0. The molecule has 0 aliphatic heterocycles. The SMILES string of the molecule is O.O=C([O-])[O-].O=[Si]([O-])[O-].[Ca+2].[K+].[Na+]. The maximum Gasteiger partial charge on any atom is 2.00 e. The minimum Gasteiger partial charge on any atom is -0.672 e. The molecule has 7 nitrogen and oxygen atoms in total. The van der Waals surface area contributed by atoms with E-state index in [2.05, 4.69) is 0 Å². The van der Waals surface area contributed by atoms with E-state index in [9.17, 15) is 0 Å². The quantitative estimate of drug-likeness (QED) is 0.391. The first kappa shape index (κ1) is 36.4. The summed E-state index contributed by atoms with van der Waals surface area (Å²) in [7, 11) is -3.63.